The number of para-hydroxylation sites is 2. The highest BCUT2D eigenvalue weighted by Gasteiger charge is 2.18. The van der Waals surface area contributed by atoms with Crippen molar-refractivity contribution in [2.24, 2.45) is 0 Å². The Morgan fingerprint density at radius 3 is 1.22 bits per heavy atom. The van der Waals surface area contributed by atoms with Crippen LogP contribution in [0, 0.1) is 0 Å². The summed E-state index contributed by atoms with van der Waals surface area (Å²) in [7, 11) is 0. The van der Waals surface area contributed by atoms with E-state index in [1.165, 1.54) is 32.7 Å². The average molecular weight is 691 g/mol. The van der Waals surface area contributed by atoms with E-state index in [1.807, 2.05) is 0 Å². The normalized spacial score (nSPS) is 11.3. The largest absolute Gasteiger partial charge is 0.311 e. The van der Waals surface area contributed by atoms with Gasteiger partial charge in [0.2, 0.25) is 0 Å². The maximum atomic E-state index is 2.39. The van der Waals surface area contributed by atoms with Gasteiger partial charge in [-0.05, 0) is 105 Å². The third-order valence-electron chi connectivity index (χ3n) is 10.0. The number of hydrogen-bond donors (Lipinski definition) is 0. The monoisotopic (exact) mass is 690 g/mol. The van der Waals surface area contributed by atoms with Crippen molar-refractivity contribution >= 4 is 67.8 Å². The molecule has 0 saturated heterocycles. The summed E-state index contributed by atoms with van der Waals surface area (Å²) in [4.78, 5) is 4.67. The van der Waals surface area contributed by atoms with Gasteiger partial charge in [-0.3, -0.25) is 0 Å². The minimum atomic E-state index is 1.10. The van der Waals surface area contributed by atoms with Gasteiger partial charge in [-0.15, -0.1) is 0 Å². The first-order valence-corrected chi connectivity index (χ1v) is 18.4. The van der Waals surface area contributed by atoms with Gasteiger partial charge in [0.1, 0.15) is 0 Å². The molecule has 2 heteroatoms. The van der Waals surface area contributed by atoms with Crippen molar-refractivity contribution in [2.75, 3.05) is 9.80 Å². The quantitative estimate of drug-likeness (QED) is 0.110. The molecule has 0 aromatic heterocycles. The Hall–Kier alpha value is -7.16. The molecule has 0 N–H and O–H groups in total. The van der Waals surface area contributed by atoms with E-state index < -0.39 is 0 Å². The van der Waals surface area contributed by atoms with Crippen molar-refractivity contribution in [3.8, 4) is 11.1 Å². The van der Waals surface area contributed by atoms with Crippen molar-refractivity contribution < 1.29 is 0 Å². The van der Waals surface area contributed by atoms with Crippen LogP contribution in [0.25, 0.3) is 44.8 Å². The van der Waals surface area contributed by atoms with Crippen LogP contribution < -0.4 is 9.80 Å². The summed E-state index contributed by atoms with van der Waals surface area (Å²) >= 11 is 0. The van der Waals surface area contributed by atoms with Crippen LogP contribution in [-0.4, -0.2) is 0 Å². The molecule has 0 amide bonds. The predicted octanol–water partition coefficient (Wildman–Crippen LogP) is 14.8. The SMILES string of the molecule is C(=Cc1ccc(N(c2ccc(-c3ccccc3)cc2)c2cc3ccccc3c3ccccc23)cc1)c1ccc(N(c2ccccc2)c2ccccc2)cc1. The van der Waals surface area contributed by atoms with Crippen molar-refractivity contribution in [3.05, 3.63) is 230 Å². The molecule has 0 atom stereocenters. The average Bonchev–Trinajstić information content (AvgIpc) is 3.25. The van der Waals surface area contributed by atoms with E-state index in [0.29, 0.717) is 0 Å². The number of fused-ring (bicyclic) bond motifs is 3. The molecule has 54 heavy (non-hydrogen) atoms. The van der Waals surface area contributed by atoms with E-state index in [-0.39, 0.29) is 0 Å². The molecule has 0 aliphatic carbocycles. The Morgan fingerprint density at radius 2 is 0.667 bits per heavy atom. The molecular weight excluding hydrogens is 653 g/mol. The summed E-state index contributed by atoms with van der Waals surface area (Å²) in [5.74, 6) is 0. The summed E-state index contributed by atoms with van der Waals surface area (Å²) in [6, 6.07) is 77.9. The number of nitrogens with zero attached hydrogens (tertiary/aromatic N) is 2. The molecule has 0 aliphatic rings. The van der Waals surface area contributed by atoms with Crippen molar-refractivity contribution in [2.45, 2.75) is 0 Å². The van der Waals surface area contributed by atoms with Gasteiger partial charge in [-0.1, -0.05) is 164 Å². The van der Waals surface area contributed by atoms with E-state index in [9.17, 15) is 0 Å². The van der Waals surface area contributed by atoms with Gasteiger partial charge in [-0.25, -0.2) is 0 Å². The van der Waals surface area contributed by atoms with Gasteiger partial charge in [0.25, 0.3) is 0 Å². The molecular formula is C52H38N2. The summed E-state index contributed by atoms with van der Waals surface area (Å²) in [5.41, 5.74) is 11.4. The zero-order chi connectivity index (χ0) is 36.1. The zero-order valence-corrected chi connectivity index (χ0v) is 29.8. The number of hydrogen-bond acceptors (Lipinski definition) is 2. The molecule has 0 radical (unpaired) electrons. The Kier molecular flexibility index (Phi) is 8.99. The molecule has 0 fully saturated rings. The minimum absolute atomic E-state index is 1.10. The standard InChI is InChI=1S/C52H38N2/c1-4-14-41(15-5-1)42-30-36-48(37-31-42)54(52-38-43-16-10-11-21-49(43)50-22-12-13-23-51(50)52)47-34-28-40(29-35-47)25-24-39-26-32-46(33-27-39)53(44-17-6-2-7-18-44)45-19-8-3-9-20-45/h1-38H. The maximum absolute atomic E-state index is 2.39. The fraction of sp³-hybridized carbons (Fsp3) is 0. The molecule has 0 heterocycles. The minimum Gasteiger partial charge on any atom is -0.311 e. The lowest BCUT2D eigenvalue weighted by atomic mass is 9.98. The predicted molar refractivity (Wildman–Crippen MR) is 232 cm³/mol. The van der Waals surface area contributed by atoms with Gasteiger partial charge < -0.3 is 9.80 Å². The lowest BCUT2D eigenvalue weighted by molar-refractivity contribution is 1.28. The first-order chi connectivity index (χ1) is 26.8. The molecule has 2 nitrogen and oxygen atoms in total. The first-order valence-electron chi connectivity index (χ1n) is 18.4. The molecule has 0 aliphatic heterocycles. The van der Waals surface area contributed by atoms with Crippen LogP contribution in [0.1, 0.15) is 11.1 Å². The molecule has 0 spiro atoms. The number of benzene rings is 9. The van der Waals surface area contributed by atoms with Gasteiger partial charge in [0.05, 0.1) is 5.69 Å². The van der Waals surface area contributed by atoms with Crippen LogP contribution in [0.5, 0.6) is 0 Å². The van der Waals surface area contributed by atoms with E-state index >= 15 is 0 Å². The van der Waals surface area contributed by atoms with E-state index in [0.717, 1.165) is 45.3 Å². The molecule has 9 aromatic carbocycles. The molecule has 0 unspecified atom stereocenters. The van der Waals surface area contributed by atoms with Gasteiger partial charge >= 0.3 is 0 Å². The third-order valence-corrected chi connectivity index (χ3v) is 10.0. The Balaban J connectivity index is 1.04. The zero-order valence-electron chi connectivity index (χ0n) is 29.8. The van der Waals surface area contributed by atoms with Gasteiger partial charge in [-0.2, -0.15) is 0 Å². The van der Waals surface area contributed by atoms with E-state index in [1.54, 1.807) is 0 Å². The number of rotatable bonds is 9. The number of anilines is 6. The first kappa shape index (κ1) is 32.7. The highest BCUT2D eigenvalue weighted by molar-refractivity contribution is 6.14. The Bertz CT molecular complexity index is 2630. The summed E-state index contributed by atoms with van der Waals surface area (Å²) < 4.78 is 0. The topological polar surface area (TPSA) is 6.48 Å². The second-order valence-corrected chi connectivity index (χ2v) is 13.4. The lowest BCUT2D eigenvalue weighted by Gasteiger charge is -2.28. The van der Waals surface area contributed by atoms with Crippen LogP contribution >= 0.6 is 0 Å². The van der Waals surface area contributed by atoms with Crippen LogP contribution in [0.4, 0.5) is 34.1 Å². The van der Waals surface area contributed by atoms with Crippen molar-refractivity contribution in [3.63, 3.8) is 0 Å². The third kappa shape index (κ3) is 6.65. The highest BCUT2D eigenvalue weighted by Crippen LogP contribution is 2.42. The van der Waals surface area contributed by atoms with E-state index in [2.05, 4.69) is 240 Å². The van der Waals surface area contributed by atoms with E-state index in [4.69, 9.17) is 0 Å². The van der Waals surface area contributed by atoms with Gasteiger partial charge in [0.15, 0.2) is 0 Å². The fourth-order valence-electron chi connectivity index (χ4n) is 7.34. The Labute approximate surface area is 317 Å². The second-order valence-electron chi connectivity index (χ2n) is 13.4. The maximum Gasteiger partial charge on any atom is 0.0546 e. The van der Waals surface area contributed by atoms with Crippen LogP contribution in [-0.2, 0) is 0 Å². The molecule has 256 valence electrons. The summed E-state index contributed by atoms with van der Waals surface area (Å²) in [6.07, 6.45) is 4.38. The van der Waals surface area contributed by atoms with Crippen molar-refractivity contribution in [1.82, 2.24) is 0 Å². The highest BCUT2D eigenvalue weighted by atomic mass is 15.1. The second kappa shape index (κ2) is 14.8. The summed E-state index contributed by atoms with van der Waals surface area (Å²) in [6.45, 7) is 0. The molecule has 9 rings (SSSR count). The molecule has 9 aromatic rings. The van der Waals surface area contributed by atoms with Crippen LogP contribution in [0.3, 0.4) is 0 Å². The van der Waals surface area contributed by atoms with Crippen LogP contribution in [0.2, 0.25) is 0 Å². The fourth-order valence-corrected chi connectivity index (χ4v) is 7.34. The smallest absolute Gasteiger partial charge is 0.0546 e. The molecule has 0 bridgehead atoms. The van der Waals surface area contributed by atoms with Crippen LogP contribution in [0.15, 0.2) is 218 Å². The van der Waals surface area contributed by atoms with Crippen molar-refractivity contribution in [1.29, 1.82) is 0 Å². The van der Waals surface area contributed by atoms with Gasteiger partial charge in [0, 0.05) is 33.8 Å². The Morgan fingerprint density at radius 1 is 0.278 bits per heavy atom. The molecule has 0 saturated carbocycles. The lowest BCUT2D eigenvalue weighted by Crippen LogP contribution is -2.10. The summed E-state index contributed by atoms with van der Waals surface area (Å²) in [5, 5.41) is 4.95.